The molecule has 140 valence electrons. The van der Waals surface area contributed by atoms with Crippen LogP contribution in [-0.2, 0) is 6.54 Å². The summed E-state index contributed by atoms with van der Waals surface area (Å²) in [4.78, 5) is 4.49. The van der Waals surface area contributed by atoms with Crippen molar-refractivity contribution in [1.29, 1.82) is 0 Å². The van der Waals surface area contributed by atoms with E-state index in [0.717, 1.165) is 24.4 Å². The van der Waals surface area contributed by atoms with Gasteiger partial charge in [0.05, 0.1) is 6.10 Å². The molecule has 2 heterocycles. The smallest absolute Gasteiger partial charge is 0.124 e. The number of β-amino-alcohol motifs (C(OH)–C–C–N with tert-alkyl or cyclic N) is 2. The Morgan fingerprint density at radius 1 is 1.12 bits per heavy atom. The fourth-order valence-corrected chi connectivity index (χ4v) is 3.78. The van der Waals surface area contributed by atoms with Gasteiger partial charge < -0.3 is 19.8 Å². The molecule has 0 aliphatic carbocycles. The lowest BCUT2D eigenvalue weighted by Crippen LogP contribution is -2.49. The molecule has 5 nitrogen and oxygen atoms in total. The molecular weight excluding hydrogens is 340 g/mol. The molecule has 0 spiro atoms. The number of aliphatic hydroxyl groups excluding tert-OH is 2. The van der Waals surface area contributed by atoms with Crippen molar-refractivity contribution < 1.29 is 14.9 Å². The Hall–Kier alpha value is -0.850. The largest absolute Gasteiger partial charge is 0.491 e. The minimum Gasteiger partial charge on any atom is -0.491 e. The van der Waals surface area contributed by atoms with Gasteiger partial charge in [0.15, 0.2) is 0 Å². The van der Waals surface area contributed by atoms with Crippen LogP contribution in [0, 0.1) is 0 Å². The van der Waals surface area contributed by atoms with Crippen LogP contribution in [0.15, 0.2) is 18.2 Å². The first-order valence-electron chi connectivity index (χ1n) is 9.32. The third-order valence-electron chi connectivity index (χ3n) is 4.95. The van der Waals surface area contributed by atoms with E-state index in [-0.39, 0.29) is 12.7 Å². The van der Waals surface area contributed by atoms with Crippen LogP contribution < -0.4 is 4.74 Å². The van der Waals surface area contributed by atoms with Crippen LogP contribution in [-0.4, -0.2) is 71.6 Å². The first kappa shape index (κ1) is 18.9. The molecule has 2 aliphatic rings. The molecule has 0 aromatic heterocycles. The van der Waals surface area contributed by atoms with E-state index < -0.39 is 6.10 Å². The molecule has 25 heavy (non-hydrogen) atoms. The Morgan fingerprint density at radius 2 is 1.84 bits per heavy atom. The second-order valence-electron chi connectivity index (χ2n) is 7.28. The lowest BCUT2D eigenvalue weighted by Gasteiger charge is -2.36. The second-order valence-corrected chi connectivity index (χ2v) is 7.72. The van der Waals surface area contributed by atoms with Crippen molar-refractivity contribution >= 4 is 11.6 Å². The summed E-state index contributed by atoms with van der Waals surface area (Å²) < 4.78 is 5.90. The summed E-state index contributed by atoms with van der Waals surface area (Å²) in [7, 11) is 0. The number of nitrogens with zero attached hydrogens (tertiary/aromatic N) is 2. The molecule has 0 unspecified atom stereocenters. The van der Waals surface area contributed by atoms with E-state index in [4.69, 9.17) is 16.3 Å². The number of halogens is 1. The molecule has 2 fully saturated rings. The van der Waals surface area contributed by atoms with Gasteiger partial charge in [0.1, 0.15) is 18.5 Å². The fraction of sp³-hybridized carbons (Fsp3) is 0.684. The lowest BCUT2D eigenvalue weighted by atomic mass is 10.1. The Kier molecular flexibility index (Phi) is 6.96. The molecule has 2 N–H and O–H groups in total. The molecule has 1 aromatic rings. The zero-order chi connectivity index (χ0) is 17.6. The minimum absolute atomic E-state index is 0.223. The second kappa shape index (κ2) is 9.19. The monoisotopic (exact) mass is 368 g/mol. The Morgan fingerprint density at radius 3 is 2.52 bits per heavy atom. The van der Waals surface area contributed by atoms with E-state index in [1.165, 1.54) is 25.7 Å². The number of rotatable bonds is 7. The highest BCUT2D eigenvalue weighted by molar-refractivity contribution is 6.30. The highest BCUT2D eigenvalue weighted by atomic mass is 35.5. The zero-order valence-corrected chi connectivity index (χ0v) is 15.5. The molecular formula is C19H29ClN2O3. The Bertz CT molecular complexity index is 543. The summed E-state index contributed by atoms with van der Waals surface area (Å²) >= 11 is 6.12. The van der Waals surface area contributed by atoms with Crippen LogP contribution in [0.4, 0.5) is 0 Å². The number of aliphatic hydroxyl groups is 2. The topological polar surface area (TPSA) is 56.2 Å². The van der Waals surface area contributed by atoms with Crippen molar-refractivity contribution in [3.05, 3.63) is 28.8 Å². The number of hydrogen-bond donors (Lipinski definition) is 2. The standard InChI is InChI=1S/C19H29ClN2O3/c20-16-5-6-19(15(9-16)10-22-11-17(23)12-22)25-14-18(24)13-21-7-3-1-2-4-8-21/h5-6,9,17-18,23-24H,1-4,7-8,10-14H2/t18-/m1/s1. The van der Waals surface area contributed by atoms with Crippen LogP contribution in [0.5, 0.6) is 5.75 Å². The molecule has 2 aliphatic heterocycles. The van der Waals surface area contributed by atoms with Crippen LogP contribution >= 0.6 is 11.6 Å². The van der Waals surface area contributed by atoms with Gasteiger partial charge in [0.25, 0.3) is 0 Å². The summed E-state index contributed by atoms with van der Waals surface area (Å²) in [5, 5.41) is 20.4. The van der Waals surface area contributed by atoms with Crippen molar-refractivity contribution in [3.8, 4) is 5.75 Å². The van der Waals surface area contributed by atoms with Crippen LogP contribution in [0.1, 0.15) is 31.2 Å². The van der Waals surface area contributed by atoms with Crippen molar-refractivity contribution in [2.75, 3.05) is 39.3 Å². The van der Waals surface area contributed by atoms with Gasteiger partial charge in [-0.25, -0.2) is 0 Å². The molecule has 0 radical (unpaired) electrons. The maximum atomic E-state index is 10.3. The van der Waals surface area contributed by atoms with Gasteiger partial charge in [-0.05, 0) is 44.1 Å². The molecule has 6 heteroatoms. The first-order valence-corrected chi connectivity index (χ1v) is 9.70. The average molecular weight is 369 g/mol. The van der Waals surface area contributed by atoms with Crippen LogP contribution in [0.25, 0.3) is 0 Å². The predicted molar refractivity (Wildman–Crippen MR) is 99.1 cm³/mol. The molecule has 3 rings (SSSR count). The Labute approximate surface area is 155 Å². The van der Waals surface area contributed by atoms with Crippen LogP contribution in [0.2, 0.25) is 5.02 Å². The summed E-state index contributed by atoms with van der Waals surface area (Å²) in [6, 6.07) is 5.59. The summed E-state index contributed by atoms with van der Waals surface area (Å²) in [6.45, 7) is 5.17. The van der Waals surface area contributed by atoms with Crippen molar-refractivity contribution in [2.45, 2.75) is 44.4 Å². The van der Waals surface area contributed by atoms with Gasteiger partial charge in [-0.15, -0.1) is 0 Å². The van der Waals surface area contributed by atoms with E-state index in [9.17, 15) is 10.2 Å². The van der Waals surface area contributed by atoms with Crippen molar-refractivity contribution in [3.63, 3.8) is 0 Å². The first-order chi connectivity index (χ1) is 12.1. The number of likely N-dealkylation sites (tertiary alicyclic amines) is 2. The third-order valence-corrected chi connectivity index (χ3v) is 5.19. The fourth-order valence-electron chi connectivity index (χ4n) is 3.58. The maximum Gasteiger partial charge on any atom is 0.124 e. The Balaban J connectivity index is 1.51. The number of ether oxygens (including phenoxy) is 1. The van der Waals surface area contributed by atoms with E-state index in [1.807, 2.05) is 18.2 Å². The summed E-state index contributed by atoms with van der Waals surface area (Å²) in [5.74, 6) is 0.765. The molecule has 1 aromatic carbocycles. The van der Waals surface area contributed by atoms with Gasteiger partial charge in [0, 0.05) is 36.8 Å². The van der Waals surface area contributed by atoms with Gasteiger partial charge in [-0.1, -0.05) is 24.4 Å². The number of hydrogen-bond acceptors (Lipinski definition) is 5. The lowest BCUT2D eigenvalue weighted by molar-refractivity contribution is -0.00355. The van der Waals surface area contributed by atoms with E-state index in [0.29, 0.717) is 31.2 Å². The average Bonchev–Trinajstić information content (AvgIpc) is 2.81. The SMILES string of the molecule is OC1CN(Cc2cc(Cl)ccc2OC[C@H](O)CN2CCCCCC2)C1. The summed E-state index contributed by atoms with van der Waals surface area (Å²) in [6.07, 6.45) is 4.31. The van der Waals surface area contributed by atoms with Crippen molar-refractivity contribution in [2.24, 2.45) is 0 Å². The maximum absolute atomic E-state index is 10.3. The number of benzene rings is 1. The molecule has 0 bridgehead atoms. The molecule has 1 atom stereocenters. The van der Waals surface area contributed by atoms with Crippen molar-refractivity contribution in [1.82, 2.24) is 9.80 Å². The molecule has 0 saturated carbocycles. The van der Waals surface area contributed by atoms with Gasteiger partial charge in [0.2, 0.25) is 0 Å². The molecule has 0 amide bonds. The van der Waals surface area contributed by atoms with E-state index >= 15 is 0 Å². The quantitative estimate of drug-likeness (QED) is 0.772. The van der Waals surface area contributed by atoms with Crippen LogP contribution in [0.3, 0.4) is 0 Å². The highest BCUT2D eigenvalue weighted by Crippen LogP contribution is 2.26. The zero-order valence-electron chi connectivity index (χ0n) is 14.7. The van der Waals surface area contributed by atoms with Gasteiger partial charge in [-0.2, -0.15) is 0 Å². The van der Waals surface area contributed by atoms with Gasteiger partial charge in [-0.3, -0.25) is 4.90 Å². The third kappa shape index (κ3) is 5.83. The minimum atomic E-state index is -0.493. The predicted octanol–water partition coefficient (Wildman–Crippen LogP) is 2.13. The van der Waals surface area contributed by atoms with Gasteiger partial charge >= 0.3 is 0 Å². The highest BCUT2D eigenvalue weighted by Gasteiger charge is 2.25. The summed E-state index contributed by atoms with van der Waals surface area (Å²) in [5.41, 5.74) is 1.00. The van der Waals surface area contributed by atoms with E-state index in [1.54, 1.807) is 0 Å². The molecule has 2 saturated heterocycles. The van der Waals surface area contributed by atoms with E-state index in [2.05, 4.69) is 9.80 Å². The normalized spacial score (nSPS) is 21.6.